The maximum Gasteiger partial charge on any atom is 0.323 e. The Bertz CT molecular complexity index is 3450. The number of benzene rings is 2. The van der Waals surface area contributed by atoms with Gasteiger partial charge in [-0.1, -0.05) is 13.0 Å². The van der Waals surface area contributed by atoms with Crippen LogP contribution >= 0.6 is 0 Å². The number of anilines is 1. The van der Waals surface area contributed by atoms with Crippen LogP contribution in [0.25, 0.3) is 10.9 Å². The smallest absolute Gasteiger partial charge is 0.323 e. The number of pyridine rings is 1. The van der Waals surface area contributed by atoms with E-state index in [0.29, 0.717) is 113 Å². The molecule has 12 N–H and O–H groups in total. The van der Waals surface area contributed by atoms with Gasteiger partial charge in [-0.2, -0.15) is 4.72 Å². The monoisotopic (exact) mass is 1460 g/mol. The van der Waals surface area contributed by atoms with Crippen molar-refractivity contribution in [3.05, 3.63) is 81.4 Å². The van der Waals surface area contributed by atoms with Crippen LogP contribution in [0.4, 0.5) is 5.95 Å². The molecular formula is C66H102N14O21S. The number of carbonyl (C=O) groups is 9. The van der Waals surface area contributed by atoms with Crippen molar-refractivity contribution < 1.29 is 95.7 Å². The van der Waals surface area contributed by atoms with E-state index in [9.17, 15) is 76.8 Å². The lowest BCUT2D eigenvalue weighted by Gasteiger charge is -2.33. The summed E-state index contributed by atoms with van der Waals surface area (Å²) in [6, 6.07) is 5.42. The predicted molar refractivity (Wildman–Crippen MR) is 374 cm³/mol. The highest BCUT2D eigenvalue weighted by molar-refractivity contribution is 7.89. The van der Waals surface area contributed by atoms with Crippen LogP contribution in [0.3, 0.4) is 0 Å². The van der Waals surface area contributed by atoms with Gasteiger partial charge >= 0.3 is 23.9 Å². The summed E-state index contributed by atoms with van der Waals surface area (Å²) in [4.78, 5) is 138. The zero-order valence-electron chi connectivity index (χ0n) is 59.0. The van der Waals surface area contributed by atoms with Crippen LogP contribution in [0.2, 0.25) is 0 Å². The molecule has 1 aliphatic heterocycles. The molecule has 2 atom stereocenters. The number of fused-ring (bicyclic) bond motifs is 1. The Labute approximate surface area is 593 Å². The maximum atomic E-state index is 13.5. The number of hydrogen-bond donors (Lipinski definition) is 12. The normalized spacial score (nSPS) is 14.2. The van der Waals surface area contributed by atoms with E-state index in [2.05, 4.69) is 46.6 Å². The molecule has 1 fully saturated rings. The third-order valence-electron chi connectivity index (χ3n) is 15.7. The number of carboxylic acids is 4. The second-order valence-corrected chi connectivity index (χ2v) is 25.7. The van der Waals surface area contributed by atoms with Crippen LogP contribution in [-0.2, 0) is 80.9 Å². The summed E-state index contributed by atoms with van der Waals surface area (Å²) in [7, 11) is 0.377. The predicted octanol–water partition coefficient (Wildman–Crippen LogP) is -0.597. The summed E-state index contributed by atoms with van der Waals surface area (Å²) in [5.41, 5.74) is 1.24. The van der Waals surface area contributed by atoms with Crippen LogP contribution in [0.1, 0.15) is 78.9 Å². The van der Waals surface area contributed by atoms with Gasteiger partial charge in [0, 0.05) is 163 Å². The summed E-state index contributed by atoms with van der Waals surface area (Å²) in [5.74, 6) is -5.92. The molecule has 568 valence electrons. The molecule has 0 spiro atoms. The standard InChI is InChI=1S/C36H47N7O10S.C30H55N7O11/c1-23-17-26(53-14-5-7-31(44)37-10-6-13-52-16-15-51-4)18-24(2)33(23)54(49,50)42-29(35(47)48)21-40-34(46)28-22-43(3)30-19-25(8-9-27(30)32(28)45)20-41-36-38-11-12-39-36;1-3-17-48-18-4-7-32-30(46)24(5-6-25(38)31-8-19-47-2)33-26(39)20-34-9-11-35(21-27(40)41)13-15-37(23-29(44)45)16-14-36(12-10-34)22-28(42)43/h8-9,11-12,17-19,22,29,42H,5-7,10,13-16,20-21H2,1-4H3,(H,37,44)(H,40,46)(H,47,48)(H2,38,39,41);24H,3-23H2,1-2H3,(H,31,38)(H,32,46)(H,33,39)(H,40,41)(H,42,43)(H,44,45)/t;24-/m.1/s1. The van der Waals surface area contributed by atoms with Crippen LogP contribution < -0.4 is 46.8 Å². The van der Waals surface area contributed by atoms with Gasteiger partial charge in [0.1, 0.15) is 23.4 Å². The Balaban J connectivity index is 0.000000436. The second kappa shape index (κ2) is 46.7. The number of carbonyl (C=O) groups excluding carboxylic acids is 5. The number of aliphatic carboxylic acids is 4. The molecule has 3 heterocycles. The first-order valence-corrected chi connectivity index (χ1v) is 35.1. The fraction of sp³-hybridized carbons (Fsp3) is 0.591. The quantitative estimate of drug-likeness (QED) is 0.0246. The van der Waals surface area contributed by atoms with Gasteiger partial charge < -0.3 is 85.6 Å². The minimum atomic E-state index is -4.40. The SMILES string of the molecule is CCCOCCCNC(=O)[C@@H](CCC(=O)NCCOC)NC(=O)CN1CCN(CC(=O)O)CCN(CC(=O)O)CCN(CC(=O)O)CC1.COCCOCCCNC(=O)CCCOc1cc(C)c(S(=O)(=O)NC(CNC(=O)c2cn(C)c3cc(CNc4ncc[nH]4)ccc3c2=O)C(=O)O)c(C)c1. The number of H-pyrrole nitrogens is 1. The molecule has 5 amide bonds. The lowest BCUT2D eigenvalue weighted by atomic mass is 10.1. The number of rotatable bonds is 44. The number of ether oxygens (including phenoxy) is 5. The number of nitrogens with one attached hydrogen (secondary N) is 8. The number of aryl methyl sites for hydroxylation is 3. The van der Waals surface area contributed by atoms with Gasteiger partial charge in [-0.15, -0.1) is 0 Å². The first-order chi connectivity index (χ1) is 48.7. The highest BCUT2D eigenvalue weighted by Gasteiger charge is 2.30. The van der Waals surface area contributed by atoms with Crippen molar-refractivity contribution >= 4 is 80.3 Å². The molecule has 0 radical (unpaired) electrons. The van der Waals surface area contributed by atoms with Crippen molar-refractivity contribution in [2.75, 3.05) is 171 Å². The van der Waals surface area contributed by atoms with Crippen molar-refractivity contribution in [2.24, 2.45) is 7.05 Å². The van der Waals surface area contributed by atoms with Crippen molar-refractivity contribution in [3.8, 4) is 5.75 Å². The van der Waals surface area contributed by atoms with E-state index in [-0.39, 0.29) is 132 Å². The van der Waals surface area contributed by atoms with E-state index in [4.69, 9.17) is 23.7 Å². The third kappa shape index (κ3) is 32.9. The molecule has 0 bridgehead atoms. The van der Waals surface area contributed by atoms with Crippen molar-refractivity contribution in [1.82, 2.24) is 65.4 Å². The first kappa shape index (κ1) is 85.7. The molecule has 36 heteroatoms. The van der Waals surface area contributed by atoms with E-state index in [0.717, 1.165) is 12.0 Å². The lowest BCUT2D eigenvalue weighted by molar-refractivity contribution is -0.140. The molecule has 2 aromatic carbocycles. The number of amides is 5. The van der Waals surface area contributed by atoms with Gasteiger partial charge in [0.2, 0.25) is 39.1 Å². The zero-order valence-corrected chi connectivity index (χ0v) is 59.8. The molecule has 1 saturated heterocycles. The molecule has 2 aromatic heterocycles. The molecule has 35 nitrogen and oxygen atoms in total. The van der Waals surface area contributed by atoms with E-state index in [1.807, 2.05) is 6.92 Å². The largest absolute Gasteiger partial charge is 0.494 e. The Morgan fingerprint density at radius 3 is 1.75 bits per heavy atom. The van der Waals surface area contributed by atoms with E-state index < -0.39 is 75.7 Å². The second-order valence-electron chi connectivity index (χ2n) is 24.0. The van der Waals surface area contributed by atoms with Gasteiger partial charge in [-0.25, -0.2) is 13.4 Å². The summed E-state index contributed by atoms with van der Waals surface area (Å²) in [6.07, 6.45) is 7.49. The Hall–Kier alpha value is -8.72. The van der Waals surface area contributed by atoms with Gasteiger partial charge in [0.25, 0.3) is 5.91 Å². The Morgan fingerprint density at radius 2 is 1.20 bits per heavy atom. The molecule has 4 aromatic rings. The maximum absolute atomic E-state index is 13.5. The Kier molecular flexibility index (Phi) is 39.3. The average molecular weight is 1460 g/mol. The zero-order chi connectivity index (χ0) is 75.0. The highest BCUT2D eigenvalue weighted by atomic mass is 32.2. The number of carboxylic acid groups (broad SMARTS) is 4. The lowest BCUT2D eigenvalue weighted by Crippen LogP contribution is -2.52. The number of sulfonamides is 1. The number of aromatic amines is 1. The number of aromatic nitrogens is 3. The van der Waals surface area contributed by atoms with E-state index >= 15 is 0 Å². The molecule has 0 aliphatic carbocycles. The topological polar surface area (TPSA) is 463 Å². The molecule has 102 heavy (non-hydrogen) atoms. The number of hydrogen-bond acceptors (Lipinski definition) is 23. The van der Waals surface area contributed by atoms with Crippen molar-refractivity contribution in [3.63, 3.8) is 0 Å². The Morgan fingerprint density at radius 1 is 0.637 bits per heavy atom. The van der Waals surface area contributed by atoms with Gasteiger partial charge in [0.15, 0.2) is 5.95 Å². The average Bonchev–Trinajstić information content (AvgIpc) is 0.852. The van der Waals surface area contributed by atoms with Crippen LogP contribution in [0.5, 0.6) is 5.75 Å². The fourth-order valence-corrected chi connectivity index (χ4v) is 12.2. The van der Waals surface area contributed by atoms with Gasteiger partial charge in [-0.05, 0) is 86.9 Å². The number of nitrogens with zero attached hydrogens (tertiary/aromatic N) is 6. The number of methoxy groups -OCH3 is 2. The van der Waals surface area contributed by atoms with Crippen LogP contribution in [0.15, 0.2) is 58.6 Å². The van der Waals surface area contributed by atoms with Crippen molar-refractivity contribution in [2.45, 2.75) is 89.2 Å². The summed E-state index contributed by atoms with van der Waals surface area (Å²) < 4.78 is 57.1. The summed E-state index contributed by atoms with van der Waals surface area (Å²) >= 11 is 0. The van der Waals surface area contributed by atoms with Gasteiger partial charge in [-0.3, -0.25) is 67.5 Å². The molecule has 0 saturated carbocycles. The first-order valence-electron chi connectivity index (χ1n) is 33.6. The fourth-order valence-electron chi connectivity index (χ4n) is 10.5. The minimum absolute atomic E-state index is 0.0153. The third-order valence-corrected chi connectivity index (χ3v) is 17.5. The van der Waals surface area contributed by atoms with Crippen LogP contribution in [0, 0.1) is 13.8 Å². The van der Waals surface area contributed by atoms with Crippen molar-refractivity contribution in [1.29, 1.82) is 0 Å². The number of imidazole rings is 1. The van der Waals surface area contributed by atoms with E-state index in [1.165, 1.54) is 25.4 Å². The van der Waals surface area contributed by atoms with Gasteiger partial charge in [0.05, 0.1) is 63.0 Å². The molecule has 1 unspecified atom stereocenters. The molecular weight excluding hydrogens is 1360 g/mol. The summed E-state index contributed by atoms with van der Waals surface area (Å²) in [6.45, 7) is 10.1. The molecule has 1 aliphatic rings. The summed E-state index contributed by atoms with van der Waals surface area (Å²) in [5, 5.41) is 54.9. The minimum Gasteiger partial charge on any atom is -0.494 e. The van der Waals surface area contributed by atoms with E-state index in [1.54, 1.807) is 82.8 Å². The van der Waals surface area contributed by atoms with Crippen LogP contribution in [-0.4, -0.2) is 294 Å². The highest BCUT2D eigenvalue weighted by Crippen LogP contribution is 2.26. The molecule has 5 rings (SSSR count).